The lowest BCUT2D eigenvalue weighted by Gasteiger charge is -2.29. The summed E-state index contributed by atoms with van der Waals surface area (Å²) < 4.78 is 5.28. The van der Waals surface area contributed by atoms with Gasteiger partial charge in [-0.3, -0.25) is 4.90 Å². The van der Waals surface area contributed by atoms with Gasteiger partial charge in [0, 0.05) is 25.7 Å². The van der Waals surface area contributed by atoms with Gasteiger partial charge >= 0.3 is 0 Å². The number of hydrogen-bond donors (Lipinski definition) is 1. The Balaban J connectivity index is 2.63. The van der Waals surface area contributed by atoms with Crippen molar-refractivity contribution >= 4 is 0 Å². The molecule has 0 saturated carbocycles. The molecule has 0 fully saturated rings. The van der Waals surface area contributed by atoms with E-state index in [1.807, 2.05) is 0 Å². The smallest absolute Gasteiger partial charge is 0.0615 e. The molecule has 0 aliphatic heterocycles. The van der Waals surface area contributed by atoms with Gasteiger partial charge in [-0.05, 0) is 38.9 Å². The van der Waals surface area contributed by atoms with Crippen LogP contribution in [0.2, 0.25) is 0 Å². The second-order valence-corrected chi connectivity index (χ2v) is 5.74. The zero-order valence-corrected chi connectivity index (χ0v) is 14.4. The first-order valence-corrected chi connectivity index (χ1v) is 8.15. The third-order valence-corrected chi connectivity index (χ3v) is 4.07. The Morgan fingerprint density at radius 3 is 2.38 bits per heavy atom. The van der Waals surface area contributed by atoms with E-state index in [0.29, 0.717) is 12.1 Å². The molecule has 0 aliphatic carbocycles. The van der Waals surface area contributed by atoms with E-state index < -0.39 is 0 Å². The molecule has 2 atom stereocenters. The van der Waals surface area contributed by atoms with Gasteiger partial charge in [-0.1, -0.05) is 43.7 Å². The quantitative estimate of drug-likeness (QED) is 0.715. The van der Waals surface area contributed by atoms with Crippen molar-refractivity contribution in [3.63, 3.8) is 0 Å². The van der Waals surface area contributed by atoms with Crippen molar-refractivity contribution in [2.75, 3.05) is 33.4 Å². The fraction of sp³-hybridized carbons (Fsp3) is 0.667. The summed E-state index contributed by atoms with van der Waals surface area (Å²) in [5.41, 5.74) is 2.70. The van der Waals surface area contributed by atoms with Crippen LogP contribution in [0.1, 0.15) is 44.4 Å². The third-order valence-electron chi connectivity index (χ3n) is 4.07. The number of hydrogen-bond acceptors (Lipinski definition) is 3. The largest absolute Gasteiger partial charge is 0.383 e. The van der Waals surface area contributed by atoms with Crippen LogP contribution in [-0.4, -0.2) is 44.3 Å². The highest BCUT2D eigenvalue weighted by atomic mass is 16.5. The zero-order chi connectivity index (χ0) is 15.7. The van der Waals surface area contributed by atoms with Gasteiger partial charge in [-0.2, -0.15) is 0 Å². The summed E-state index contributed by atoms with van der Waals surface area (Å²) in [7, 11) is 1.78. The average molecular weight is 292 g/mol. The van der Waals surface area contributed by atoms with E-state index in [1.165, 1.54) is 11.1 Å². The molecule has 120 valence electrons. The van der Waals surface area contributed by atoms with Crippen LogP contribution in [0.15, 0.2) is 24.3 Å². The van der Waals surface area contributed by atoms with Gasteiger partial charge < -0.3 is 10.1 Å². The highest BCUT2D eigenvalue weighted by Gasteiger charge is 2.15. The van der Waals surface area contributed by atoms with Gasteiger partial charge in [0.1, 0.15) is 0 Å². The molecule has 0 aliphatic rings. The number of likely N-dealkylation sites (N-methyl/N-ethyl adjacent to an activating group) is 1. The van der Waals surface area contributed by atoms with Crippen LogP contribution in [0.25, 0.3) is 0 Å². The number of nitrogens with one attached hydrogen (secondary N) is 1. The monoisotopic (exact) mass is 292 g/mol. The number of ether oxygens (including phenoxy) is 1. The van der Waals surface area contributed by atoms with Gasteiger partial charge in [-0.15, -0.1) is 0 Å². The van der Waals surface area contributed by atoms with Crippen LogP contribution in [0, 0.1) is 6.92 Å². The van der Waals surface area contributed by atoms with Crippen molar-refractivity contribution in [1.29, 1.82) is 0 Å². The van der Waals surface area contributed by atoms with Gasteiger partial charge in [0.05, 0.1) is 6.61 Å². The molecule has 1 rings (SSSR count). The Hall–Kier alpha value is -0.900. The number of nitrogens with zero attached hydrogens (tertiary/aromatic N) is 1. The first-order chi connectivity index (χ1) is 10.1. The Morgan fingerprint density at radius 2 is 1.86 bits per heavy atom. The Bertz CT molecular complexity index is 377. The van der Waals surface area contributed by atoms with Crippen molar-refractivity contribution in [2.24, 2.45) is 0 Å². The lowest BCUT2D eigenvalue weighted by atomic mass is 10.0. The molecule has 3 nitrogen and oxygen atoms in total. The maximum atomic E-state index is 5.28. The first kappa shape index (κ1) is 18.1. The molecule has 0 bridgehead atoms. The maximum Gasteiger partial charge on any atom is 0.0615 e. The van der Waals surface area contributed by atoms with Crippen molar-refractivity contribution in [2.45, 2.75) is 46.2 Å². The summed E-state index contributed by atoms with van der Waals surface area (Å²) in [6, 6.07) is 9.80. The SMILES string of the molecule is CCNC(CCN(CC)C(C)COC)c1ccc(C)cc1. The second-order valence-electron chi connectivity index (χ2n) is 5.74. The summed E-state index contributed by atoms with van der Waals surface area (Å²) in [4.78, 5) is 2.49. The standard InChI is InChI=1S/C18H32N2O/c1-6-19-18(17-10-8-15(3)9-11-17)12-13-20(7-2)16(4)14-21-5/h8-11,16,18-19H,6-7,12-14H2,1-5H3. The molecule has 0 amide bonds. The number of aryl methyl sites for hydroxylation is 1. The van der Waals surface area contributed by atoms with E-state index >= 15 is 0 Å². The predicted octanol–water partition coefficient (Wildman–Crippen LogP) is 3.39. The summed E-state index contributed by atoms with van der Waals surface area (Å²) >= 11 is 0. The van der Waals surface area contributed by atoms with E-state index in [4.69, 9.17) is 4.74 Å². The van der Waals surface area contributed by atoms with Gasteiger partial charge in [0.15, 0.2) is 0 Å². The van der Waals surface area contributed by atoms with E-state index in [2.05, 4.69) is 62.2 Å². The summed E-state index contributed by atoms with van der Waals surface area (Å²) in [5, 5.41) is 3.61. The highest BCUT2D eigenvalue weighted by Crippen LogP contribution is 2.18. The van der Waals surface area contributed by atoms with Crippen LogP contribution in [0.5, 0.6) is 0 Å². The van der Waals surface area contributed by atoms with E-state index in [-0.39, 0.29) is 0 Å². The van der Waals surface area contributed by atoms with E-state index in [9.17, 15) is 0 Å². The molecule has 21 heavy (non-hydrogen) atoms. The zero-order valence-electron chi connectivity index (χ0n) is 14.4. The Morgan fingerprint density at radius 1 is 1.19 bits per heavy atom. The van der Waals surface area contributed by atoms with Crippen molar-refractivity contribution in [3.8, 4) is 0 Å². The molecule has 1 aromatic rings. The Labute approximate surface area is 130 Å². The van der Waals surface area contributed by atoms with Crippen LogP contribution in [0.3, 0.4) is 0 Å². The normalized spacial score (nSPS) is 14.4. The number of rotatable bonds is 10. The van der Waals surface area contributed by atoms with E-state index in [1.54, 1.807) is 7.11 Å². The van der Waals surface area contributed by atoms with Crippen molar-refractivity contribution in [3.05, 3.63) is 35.4 Å². The average Bonchev–Trinajstić information content (AvgIpc) is 2.48. The van der Waals surface area contributed by atoms with Gasteiger partial charge in [-0.25, -0.2) is 0 Å². The minimum Gasteiger partial charge on any atom is -0.383 e. The maximum absolute atomic E-state index is 5.28. The molecule has 2 unspecified atom stereocenters. The fourth-order valence-corrected chi connectivity index (χ4v) is 2.76. The Kier molecular flexibility index (Phi) is 8.58. The summed E-state index contributed by atoms with van der Waals surface area (Å²) in [5.74, 6) is 0. The topological polar surface area (TPSA) is 24.5 Å². The van der Waals surface area contributed by atoms with Crippen molar-refractivity contribution in [1.82, 2.24) is 10.2 Å². The predicted molar refractivity (Wildman–Crippen MR) is 90.8 cm³/mol. The number of methoxy groups -OCH3 is 1. The molecular formula is C18H32N2O. The minimum atomic E-state index is 0.430. The van der Waals surface area contributed by atoms with Gasteiger partial charge in [0.2, 0.25) is 0 Å². The molecule has 3 heteroatoms. The van der Waals surface area contributed by atoms with Gasteiger partial charge in [0.25, 0.3) is 0 Å². The van der Waals surface area contributed by atoms with Crippen molar-refractivity contribution < 1.29 is 4.74 Å². The summed E-state index contributed by atoms with van der Waals surface area (Å²) in [6.07, 6.45) is 1.12. The molecule has 0 heterocycles. The highest BCUT2D eigenvalue weighted by molar-refractivity contribution is 5.24. The number of benzene rings is 1. The first-order valence-electron chi connectivity index (χ1n) is 8.15. The molecular weight excluding hydrogens is 260 g/mol. The minimum absolute atomic E-state index is 0.430. The molecule has 0 spiro atoms. The van der Waals surface area contributed by atoms with Crippen LogP contribution >= 0.6 is 0 Å². The second kappa shape index (κ2) is 9.93. The van der Waals surface area contributed by atoms with E-state index in [0.717, 1.165) is 32.7 Å². The van der Waals surface area contributed by atoms with Crippen LogP contribution < -0.4 is 5.32 Å². The molecule has 0 saturated heterocycles. The van der Waals surface area contributed by atoms with Crippen LogP contribution in [-0.2, 0) is 4.74 Å². The fourth-order valence-electron chi connectivity index (χ4n) is 2.76. The lowest BCUT2D eigenvalue weighted by molar-refractivity contribution is 0.0997. The van der Waals surface area contributed by atoms with Crippen LogP contribution in [0.4, 0.5) is 0 Å². The molecule has 0 aromatic heterocycles. The third kappa shape index (κ3) is 6.16. The molecule has 1 N–H and O–H groups in total. The lowest BCUT2D eigenvalue weighted by Crippen LogP contribution is -2.38. The molecule has 0 radical (unpaired) electrons. The summed E-state index contributed by atoms with van der Waals surface area (Å²) in [6.45, 7) is 12.7. The molecule has 1 aromatic carbocycles.